The summed E-state index contributed by atoms with van der Waals surface area (Å²) in [5.74, 6) is -0.378. The van der Waals surface area contributed by atoms with Crippen molar-refractivity contribution in [3.8, 4) is 0 Å². The minimum absolute atomic E-state index is 0.109. The lowest BCUT2D eigenvalue weighted by atomic mass is 10.1. The normalized spacial score (nSPS) is 11.0. The largest absolute Gasteiger partial charge is 0.347 e. The first-order chi connectivity index (χ1) is 11.4. The van der Waals surface area contributed by atoms with Crippen molar-refractivity contribution >= 4 is 34.1 Å². The lowest BCUT2D eigenvalue weighted by Gasteiger charge is -2.17. The Bertz CT molecular complexity index is 990. The van der Waals surface area contributed by atoms with Gasteiger partial charge < -0.3 is 9.47 Å². The molecule has 3 aromatic rings. The predicted octanol–water partition coefficient (Wildman–Crippen LogP) is 2.68. The molecule has 0 N–H and O–H groups in total. The van der Waals surface area contributed by atoms with E-state index in [1.807, 2.05) is 11.5 Å². The number of rotatable bonds is 3. The Labute approximate surface area is 143 Å². The molecule has 1 amide bonds. The molecule has 0 aliphatic carbocycles. The van der Waals surface area contributed by atoms with Crippen molar-refractivity contribution in [1.82, 2.24) is 14.3 Å². The zero-order valence-corrected chi connectivity index (χ0v) is 14.4. The van der Waals surface area contributed by atoms with Crippen LogP contribution in [0.15, 0.2) is 41.6 Å². The topological polar surface area (TPSA) is 60.1 Å². The summed E-state index contributed by atoms with van der Waals surface area (Å²) in [7, 11) is 3.39. The van der Waals surface area contributed by atoms with E-state index in [1.165, 1.54) is 4.90 Å². The Balaban J connectivity index is 2.17. The van der Waals surface area contributed by atoms with Gasteiger partial charge in [-0.2, -0.15) is 5.10 Å². The van der Waals surface area contributed by atoms with Gasteiger partial charge in [0.15, 0.2) is 0 Å². The van der Waals surface area contributed by atoms with Crippen LogP contribution in [0.3, 0.4) is 0 Å². The van der Waals surface area contributed by atoms with Crippen LogP contribution in [-0.4, -0.2) is 27.3 Å². The van der Waals surface area contributed by atoms with Crippen LogP contribution < -0.4 is 10.3 Å². The van der Waals surface area contributed by atoms with E-state index in [4.69, 9.17) is 11.6 Å². The molecule has 2 heterocycles. The van der Waals surface area contributed by atoms with Crippen molar-refractivity contribution < 1.29 is 4.79 Å². The first kappa shape index (κ1) is 16.3. The zero-order chi connectivity index (χ0) is 17.4. The van der Waals surface area contributed by atoms with Crippen LogP contribution in [0.2, 0.25) is 5.02 Å². The second-order valence-electron chi connectivity index (χ2n) is 5.56. The highest BCUT2D eigenvalue weighted by molar-refractivity contribution is 6.31. The molecule has 2 aromatic heterocycles. The molecule has 0 bridgehead atoms. The fourth-order valence-electron chi connectivity index (χ4n) is 2.66. The molecule has 0 aliphatic heterocycles. The van der Waals surface area contributed by atoms with Crippen LogP contribution in [0.1, 0.15) is 17.3 Å². The Hall–Kier alpha value is -2.60. The molecule has 0 saturated carbocycles. The molecule has 24 heavy (non-hydrogen) atoms. The summed E-state index contributed by atoms with van der Waals surface area (Å²) in [6, 6.07) is 5.13. The average molecular weight is 345 g/mol. The Morgan fingerprint density at radius 3 is 2.71 bits per heavy atom. The molecule has 0 radical (unpaired) electrons. The van der Waals surface area contributed by atoms with Gasteiger partial charge in [0.05, 0.1) is 17.4 Å². The molecule has 0 fully saturated rings. The summed E-state index contributed by atoms with van der Waals surface area (Å²) in [4.78, 5) is 27.0. The molecule has 0 atom stereocenters. The molecule has 6 nitrogen and oxygen atoms in total. The van der Waals surface area contributed by atoms with Crippen molar-refractivity contribution in [2.24, 2.45) is 7.05 Å². The molecule has 0 aliphatic rings. The number of nitrogens with zero attached hydrogens (tertiary/aromatic N) is 4. The van der Waals surface area contributed by atoms with Crippen LogP contribution >= 0.6 is 11.6 Å². The molecule has 0 saturated heterocycles. The van der Waals surface area contributed by atoms with E-state index < -0.39 is 0 Å². The van der Waals surface area contributed by atoms with Crippen molar-refractivity contribution in [2.45, 2.75) is 13.5 Å². The van der Waals surface area contributed by atoms with Gasteiger partial charge in [0, 0.05) is 43.4 Å². The van der Waals surface area contributed by atoms with E-state index in [1.54, 1.807) is 55.6 Å². The minimum Gasteiger partial charge on any atom is -0.347 e. The van der Waals surface area contributed by atoms with Gasteiger partial charge in [0.25, 0.3) is 5.91 Å². The van der Waals surface area contributed by atoms with Gasteiger partial charge >= 0.3 is 0 Å². The maximum absolute atomic E-state index is 12.8. The van der Waals surface area contributed by atoms with Crippen molar-refractivity contribution in [3.63, 3.8) is 0 Å². The molecule has 0 unspecified atom stereocenters. The Morgan fingerprint density at radius 1 is 1.33 bits per heavy atom. The second-order valence-corrected chi connectivity index (χ2v) is 5.99. The third kappa shape index (κ3) is 2.69. The average Bonchev–Trinajstić information content (AvgIpc) is 3.01. The van der Waals surface area contributed by atoms with Crippen molar-refractivity contribution in [1.29, 1.82) is 0 Å². The maximum Gasteiger partial charge on any atom is 0.263 e. The van der Waals surface area contributed by atoms with E-state index in [-0.39, 0.29) is 16.9 Å². The van der Waals surface area contributed by atoms with E-state index in [0.717, 1.165) is 5.52 Å². The lowest BCUT2D eigenvalue weighted by Crippen LogP contribution is -2.31. The van der Waals surface area contributed by atoms with Gasteiger partial charge in [-0.25, -0.2) is 0 Å². The number of pyridine rings is 1. The molecule has 7 heteroatoms. The number of hydrogen-bond acceptors (Lipinski definition) is 3. The third-order valence-corrected chi connectivity index (χ3v) is 4.23. The number of amides is 1. The summed E-state index contributed by atoms with van der Waals surface area (Å²) in [6.07, 6.45) is 4.90. The number of anilines is 1. The molecule has 124 valence electrons. The van der Waals surface area contributed by atoms with E-state index in [9.17, 15) is 9.59 Å². The van der Waals surface area contributed by atoms with Gasteiger partial charge in [-0.3, -0.25) is 14.3 Å². The maximum atomic E-state index is 12.8. The third-order valence-electron chi connectivity index (χ3n) is 4.00. The summed E-state index contributed by atoms with van der Waals surface area (Å²) < 4.78 is 3.47. The fraction of sp³-hybridized carbons (Fsp3) is 0.235. The second kappa shape index (κ2) is 6.13. The highest BCUT2D eigenvalue weighted by Gasteiger charge is 2.20. The van der Waals surface area contributed by atoms with Crippen LogP contribution in [0.5, 0.6) is 0 Å². The molecular formula is C17H17ClN4O2. The summed E-state index contributed by atoms with van der Waals surface area (Å²) in [6.45, 7) is 2.59. The number of aromatic nitrogens is 3. The highest BCUT2D eigenvalue weighted by Crippen LogP contribution is 2.19. The van der Waals surface area contributed by atoms with E-state index >= 15 is 0 Å². The number of hydrogen-bond donors (Lipinski definition) is 0. The van der Waals surface area contributed by atoms with E-state index in [2.05, 4.69) is 5.10 Å². The highest BCUT2D eigenvalue weighted by atomic mass is 35.5. The van der Waals surface area contributed by atoms with Gasteiger partial charge in [0.2, 0.25) is 5.43 Å². The molecular weight excluding hydrogens is 328 g/mol. The standard InChI is InChI=1S/C17H17ClN4O2/c1-4-22-10-14(16(23)13-7-11(18)5-6-15(13)22)17(24)21(3)12-8-19-20(2)9-12/h5-10H,4H2,1-3H3. The smallest absolute Gasteiger partial charge is 0.263 e. The van der Waals surface area contributed by atoms with Crippen LogP contribution in [-0.2, 0) is 13.6 Å². The van der Waals surface area contributed by atoms with Gasteiger partial charge in [0.1, 0.15) is 5.56 Å². The van der Waals surface area contributed by atoms with E-state index in [0.29, 0.717) is 22.6 Å². The monoisotopic (exact) mass is 344 g/mol. The van der Waals surface area contributed by atoms with Gasteiger partial charge in [-0.15, -0.1) is 0 Å². The van der Waals surface area contributed by atoms with Crippen LogP contribution in [0.25, 0.3) is 10.9 Å². The molecule has 1 aromatic carbocycles. The SMILES string of the molecule is CCn1cc(C(=O)N(C)c2cnn(C)c2)c(=O)c2cc(Cl)ccc21. The minimum atomic E-state index is -0.378. The number of aryl methyl sites for hydroxylation is 2. The predicted molar refractivity (Wildman–Crippen MR) is 94.8 cm³/mol. The molecule has 0 spiro atoms. The van der Waals surface area contributed by atoms with Crippen LogP contribution in [0, 0.1) is 0 Å². The quantitative estimate of drug-likeness (QED) is 0.734. The van der Waals surface area contributed by atoms with Crippen molar-refractivity contribution in [3.05, 3.63) is 57.6 Å². The lowest BCUT2D eigenvalue weighted by molar-refractivity contribution is 0.0991. The Morgan fingerprint density at radius 2 is 2.08 bits per heavy atom. The first-order valence-electron chi connectivity index (χ1n) is 7.51. The summed E-state index contributed by atoms with van der Waals surface area (Å²) >= 11 is 6.02. The number of carbonyl (C=O) groups is 1. The summed E-state index contributed by atoms with van der Waals surface area (Å²) in [5, 5.41) is 4.96. The number of carbonyl (C=O) groups excluding carboxylic acids is 1. The van der Waals surface area contributed by atoms with Gasteiger partial charge in [-0.05, 0) is 25.1 Å². The van der Waals surface area contributed by atoms with Crippen molar-refractivity contribution in [2.75, 3.05) is 11.9 Å². The van der Waals surface area contributed by atoms with Gasteiger partial charge in [-0.1, -0.05) is 11.6 Å². The van der Waals surface area contributed by atoms with Crippen LogP contribution in [0.4, 0.5) is 5.69 Å². The Kier molecular flexibility index (Phi) is 4.15. The number of fused-ring (bicyclic) bond motifs is 1. The number of benzene rings is 1. The summed E-state index contributed by atoms with van der Waals surface area (Å²) in [5.41, 5.74) is 1.17. The number of halogens is 1. The first-order valence-corrected chi connectivity index (χ1v) is 7.89. The fourth-order valence-corrected chi connectivity index (χ4v) is 2.84. The zero-order valence-electron chi connectivity index (χ0n) is 13.7. The molecule has 3 rings (SSSR count).